The summed E-state index contributed by atoms with van der Waals surface area (Å²) in [6.45, 7) is 0.249. The summed E-state index contributed by atoms with van der Waals surface area (Å²) in [6, 6.07) is 4.34. The molecule has 0 amide bonds. The van der Waals surface area contributed by atoms with Crippen molar-refractivity contribution in [2.45, 2.75) is 12.8 Å². The molecule has 0 heterocycles. The summed E-state index contributed by atoms with van der Waals surface area (Å²) in [5, 5.41) is 3.31. The molecule has 0 atom stereocenters. The Morgan fingerprint density at radius 2 is 2.16 bits per heavy atom. The molecule has 19 heavy (non-hydrogen) atoms. The van der Waals surface area contributed by atoms with E-state index in [1.54, 1.807) is 12.1 Å². The van der Waals surface area contributed by atoms with E-state index in [0.717, 1.165) is 0 Å². The van der Waals surface area contributed by atoms with Crippen molar-refractivity contribution in [3.05, 3.63) is 44.8 Å². The molecule has 1 aromatic carbocycles. The Labute approximate surface area is 115 Å². The molecule has 0 fully saturated rings. The van der Waals surface area contributed by atoms with Crippen LogP contribution < -0.4 is 4.74 Å². The van der Waals surface area contributed by atoms with Crippen molar-refractivity contribution in [2.75, 3.05) is 6.54 Å². The second kappa shape index (κ2) is 7.06. The summed E-state index contributed by atoms with van der Waals surface area (Å²) < 4.78 is 41.1. The molecule has 1 aromatic rings. The minimum absolute atomic E-state index is 0.249. The van der Waals surface area contributed by atoms with Crippen LogP contribution in [0.25, 0.3) is 16.5 Å². The number of halogens is 4. The summed E-state index contributed by atoms with van der Waals surface area (Å²) in [4.78, 5) is 2.57. The van der Waals surface area contributed by atoms with Crippen molar-refractivity contribution < 1.29 is 17.9 Å². The SMILES string of the molecule is [N-]=[N+]=NCCC=Cc1ccc(Br)cc1OC(F)(F)F. The molecule has 0 unspecified atom stereocenters. The number of azide groups is 1. The predicted octanol–water partition coefficient (Wildman–Crippen LogP) is 5.06. The molecule has 0 bridgehead atoms. The van der Waals surface area contributed by atoms with Crippen molar-refractivity contribution in [1.29, 1.82) is 0 Å². The van der Waals surface area contributed by atoms with Crippen LogP contribution in [0, 0.1) is 0 Å². The summed E-state index contributed by atoms with van der Waals surface area (Å²) in [7, 11) is 0. The van der Waals surface area contributed by atoms with Crippen LogP contribution in [0.15, 0.2) is 33.9 Å². The molecule has 0 N–H and O–H groups in total. The Hall–Kier alpha value is -1.66. The average Bonchev–Trinajstić information content (AvgIpc) is 2.29. The van der Waals surface area contributed by atoms with Gasteiger partial charge in [0.05, 0.1) is 0 Å². The normalized spacial score (nSPS) is 11.4. The fourth-order valence-corrected chi connectivity index (χ4v) is 1.59. The van der Waals surface area contributed by atoms with Crippen LogP contribution in [0.3, 0.4) is 0 Å². The quantitative estimate of drug-likeness (QED) is 0.321. The summed E-state index contributed by atoms with van der Waals surface area (Å²) >= 11 is 3.08. The lowest BCUT2D eigenvalue weighted by atomic mass is 10.2. The minimum atomic E-state index is -4.74. The third-order valence-electron chi connectivity index (χ3n) is 1.96. The molecular formula is C11H9BrF3N3O. The van der Waals surface area contributed by atoms with E-state index in [0.29, 0.717) is 16.5 Å². The number of nitrogens with zero attached hydrogens (tertiary/aromatic N) is 3. The largest absolute Gasteiger partial charge is 0.573 e. The van der Waals surface area contributed by atoms with E-state index in [2.05, 4.69) is 30.7 Å². The third-order valence-corrected chi connectivity index (χ3v) is 2.45. The summed E-state index contributed by atoms with van der Waals surface area (Å²) in [5.41, 5.74) is 8.36. The van der Waals surface area contributed by atoms with Crippen LogP contribution in [-0.2, 0) is 0 Å². The number of benzene rings is 1. The van der Waals surface area contributed by atoms with Crippen molar-refractivity contribution in [3.8, 4) is 5.75 Å². The first-order valence-electron chi connectivity index (χ1n) is 5.15. The van der Waals surface area contributed by atoms with Crippen LogP contribution in [0.5, 0.6) is 5.75 Å². The van der Waals surface area contributed by atoms with Gasteiger partial charge in [-0.25, -0.2) is 0 Å². The summed E-state index contributed by atoms with van der Waals surface area (Å²) in [6.07, 6.45) is -1.21. The van der Waals surface area contributed by atoms with Crippen LogP contribution in [0.1, 0.15) is 12.0 Å². The van der Waals surface area contributed by atoms with Gasteiger partial charge in [-0.1, -0.05) is 39.3 Å². The second-order valence-corrected chi connectivity index (χ2v) is 4.29. The first-order chi connectivity index (χ1) is 8.92. The van der Waals surface area contributed by atoms with Crippen molar-refractivity contribution in [1.82, 2.24) is 0 Å². The number of ether oxygens (including phenoxy) is 1. The number of alkyl halides is 3. The fraction of sp³-hybridized carbons (Fsp3) is 0.273. The van der Waals surface area contributed by atoms with Gasteiger partial charge < -0.3 is 4.74 Å². The van der Waals surface area contributed by atoms with E-state index >= 15 is 0 Å². The highest BCUT2D eigenvalue weighted by Gasteiger charge is 2.31. The predicted molar refractivity (Wildman–Crippen MR) is 68.5 cm³/mol. The van der Waals surface area contributed by atoms with E-state index in [1.165, 1.54) is 18.2 Å². The molecule has 0 saturated carbocycles. The highest BCUT2D eigenvalue weighted by Crippen LogP contribution is 2.30. The van der Waals surface area contributed by atoms with Crippen LogP contribution in [0.2, 0.25) is 0 Å². The van der Waals surface area contributed by atoms with Crippen molar-refractivity contribution in [2.24, 2.45) is 5.11 Å². The lowest BCUT2D eigenvalue weighted by molar-refractivity contribution is -0.274. The molecule has 0 saturated heterocycles. The zero-order chi connectivity index (χ0) is 14.3. The van der Waals surface area contributed by atoms with Crippen LogP contribution in [0.4, 0.5) is 13.2 Å². The van der Waals surface area contributed by atoms with Gasteiger partial charge in [-0.3, -0.25) is 0 Å². The maximum atomic E-state index is 12.2. The number of rotatable bonds is 5. The Balaban J connectivity index is 2.84. The molecule has 8 heteroatoms. The van der Waals surface area contributed by atoms with Gasteiger partial charge in [-0.05, 0) is 24.1 Å². The van der Waals surface area contributed by atoms with Gasteiger partial charge in [0.1, 0.15) is 5.75 Å². The Morgan fingerprint density at radius 1 is 1.42 bits per heavy atom. The third kappa shape index (κ3) is 6.17. The van der Waals surface area contributed by atoms with E-state index < -0.39 is 6.36 Å². The maximum absolute atomic E-state index is 12.2. The van der Waals surface area contributed by atoms with E-state index in [4.69, 9.17) is 5.53 Å². The van der Waals surface area contributed by atoms with Gasteiger partial charge >= 0.3 is 6.36 Å². The van der Waals surface area contributed by atoms with E-state index in [1.807, 2.05) is 0 Å². The summed E-state index contributed by atoms with van der Waals surface area (Å²) in [5.74, 6) is -0.290. The van der Waals surface area contributed by atoms with Gasteiger partial charge in [0.2, 0.25) is 0 Å². The Kier molecular flexibility index (Phi) is 5.72. The lowest BCUT2D eigenvalue weighted by Crippen LogP contribution is -2.17. The highest BCUT2D eigenvalue weighted by molar-refractivity contribution is 9.10. The maximum Gasteiger partial charge on any atom is 0.573 e. The van der Waals surface area contributed by atoms with Crippen LogP contribution in [-0.4, -0.2) is 12.9 Å². The van der Waals surface area contributed by atoms with Gasteiger partial charge in [0.15, 0.2) is 0 Å². The fourth-order valence-electron chi connectivity index (χ4n) is 1.25. The lowest BCUT2D eigenvalue weighted by Gasteiger charge is -2.11. The molecule has 0 aromatic heterocycles. The zero-order valence-electron chi connectivity index (χ0n) is 9.56. The molecule has 0 aliphatic carbocycles. The number of hydrogen-bond acceptors (Lipinski definition) is 2. The monoisotopic (exact) mass is 335 g/mol. The van der Waals surface area contributed by atoms with Gasteiger partial charge in [0, 0.05) is 21.5 Å². The Morgan fingerprint density at radius 3 is 2.79 bits per heavy atom. The molecule has 0 radical (unpaired) electrons. The highest BCUT2D eigenvalue weighted by atomic mass is 79.9. The van der Waals surface area contributed by atoms with E-state index in [9.17, 15) is 13.2 Å². The van der Waals surface area contributed by atoms with E-state index in [-0.39, 0.29) is 12.3 Å². The number of hydrogen-bond donors (Lipinski definition) is 0. The molecule has 1 rings (SSSR count). The second-order valence-electron chi connectivity index (χ2n) is 3.38. The Bertz CT molecular complexity index is 510. The average molecular weight is 336 g/mol. The first-order valence-corrected chi connectivity index (χ1v) is 5.94. The topological polar surface area (TPSA) is 58.0 Å². The van der Waals surface area contributed by atoms with Gasteiger partial charge in [0.25, 0.3) is 0 Å². The molecule has 0 aliphatic rings. The minimum Gasteiger partial charge on any atom is -0.405 e. The van der Waals surface area contributed by atoms with Crippen LogP contribution >= 0.6 is 15.9 Å². The smallest absolute Gasteiger partial charge is 0.405 e. The molecule has 102 valence electrons. The van der Waals surface area contributed by atoms with Gasteiger partial charge in [-0.2, -0.15) is 0 Å². The van der Waals surface area contributed by atoms with Crippen molar-refractivity contribution in [3.63, 3.8) is 0 Å². The first kappa shape index (κ1) is 15.4. The molecule has 4 nitrogen and oxygen atoms in total. The zero-order valence-corrected chi connectivity index (χ0v) is 11.1. The molecule has 0 aliphatic heterocycles. The molecular weight excluding hydrogens is 327 g/mol. The van der Waals surface area contributed by atoms with Gasteiger partial charge in [-0.15, -0.1) is 13.2 Å². The molecule has 0 spiro atoms. The van der Waals surface area contributed by atoms with Crippen molar-refractivity contribution >= 4 is 22.0 Å². The standard InChI is InChI=1S/C11H9BrF3N3O/c12-9-5-4-8(3-1-2-6-17-18-16)10(7-9)19-11(13,14)15/h1,3-5,7H,2,6H2.